The van der Waals surface area contributed by atoms with Gasteiger partial charge in [0.2, 0.25) is 0 Å². The molecule has 1 fully saturated rings. The molecule has 0 spiro atoms. The van der Waals surface area contributed by atoms with E-state index in [1.54, 1.807) is 0 Å². The molecule has 1 heterocycles. The fourth-order valence-electron chi connectivity index (χ4n) is 3.55. The van der Waals surface area contributed by atoms with Crippen molar-refractivity contribution >= 4 is 0 Å². The number of pyridine rings is 1. The van der Waals surface area contributed by atoms with Crippen LogP contribution >= 0.6 is 0 Å². The molecule has 2 aliphatic rings. The quantitative estimate of drug-likeness (QED) is 0.875. The van der Waals surface area contributed by atoms with E-state index in [4.69, 9.17) is 0 Å². The lowest BCUT2D eigenvalue weighted by atomic mass is 9.87. The molecule has 0 saturated heterocycles. The summed E-state index contributed by atoms with van der Waals surface area (Å²) in [6, 6.07) is 4.80. The van der Waals surface area contributed by atoms with Crippen LogP contribution in [0.3, 0.4) is 0 Å². The average molecular weight is 244 g/mol. The molecule has 2 aliphatic carbocycles. The van der Waals surface area contributed by atoms with Gasteiger partial charge in [0.1, 0.15) is 0 Å². The summed E-state index contributed by atoms with van der Waals surface area (Å²) < 4.78 is 0. The van der Waals surface area contributed by atoms with E-state index in [0.29, 0.717) is 6.04 Å². The van der Waals surface area contributed by atoms with Gasteiger partial charge >= 0.3 is 0 Å². The lowest BCUT2D eigenvalue weighted by Crippen LogP contribution is -2.23. The summed E-state index contributed by atoms with van der Waals surface area (Å²) >= 11 is 0. The molecule has 98 valence electrons. The first kappa shape index (κ1) is 12.2. The number of hydrogen-bond donors (Lipinski definition) is 1. The molecule has 1 unspecified atom stereocenters. The van der Waals surface area contributed by atoms with Gasteiger partial charge in [0.25, 0.3) is 0 Å². The van der Waals surface area contributed by atoms with Crippen LogP contribution < -0.4 is 5.32 Å². The van der Waals surface area contributed by atoms with Gasteiger partial charge in [-0.15, -0.1) is 0 Å². The lowest BCUT2D eigenvalue weighted by Gasteiger charge is -2.22. The molecule has 2 heteroatoms. The number of aromatic nitrogens is 1. The predicted molar refractivity (Wildman–Crippen MR) is 74.5 cm³/mol. The molecule has 1 aromatic rings. The highest BCUT2D eigenvalue weighted by Crippen LogP contribution is 2.30. The Morgan fingerprint density at radius 1 is 1.17 bits per heavy atom. The maximum absolute atomic E-state index is 4.54. The van der Waals surface area contributed by atoms with E-state index >= 15 is 0 Å². The molecule has 3 rings (SSSR count). The summed E-state index contributed by atoms with van der Waals surface area (Å²) in [5, 5.41) is 3.72. The van der Waals surface area contributed by atoms with Gasteiger partial charge in [0.15, 0.2) is 0 Å². The molecule has 1 aromatic heterocycles. The van der Waals surface area contributed by atoms with Gasteiger partial charge in [-0.2, -0.15) is 0 Å². The minimum Gasteiger partial charge on any atom is -0.309 e. The highest BCUT2D eigenvalue weighted by atomic mass is 14.9. The molecule has 0 bridgehead atoms. The molecule has 1 saturated carbocycles. The molecule has 0 aromatic carbocycles. The maximum atomic E-state index is 4.54. The fraction of sp³-hybridized carbons (Fsp3) is 0.688. The molecule has 1 N–H and O–H groups in total. The van der Waals surface area contributed by atoms with Gasteiger partial charge < -0.3 is 5.32 Å². The molecule has 0 radical (unpaired) electrons. The van der Waals surface area contributed by atoms with Gasteiger partial charge in [-0.05, 0) is 43.4 Å². The third kappa shape index (κ3) is 2.74. The van der Waals surface area contributed by atoms with Crippen molar-refractivity contribution in [2.24, 2.45) is 5.92 Å². The number of rotatable bonds is 4. The molecule has 1 atom stereocenters. The van der Waals surface area contributed by atoms with Crippen LogP contribution in [0.4, 0.5) is 0 Å². The lowest BCUT2D eigenvalue weighted by molar-refractivity contribution is 0.327. The van der Waals surface area contributed by atoms with Crippen LogP contribution in [0.1, 0.15) is 62.2 Å². The molecule has 18 heavy (non-hydrogen) atoms. The second-order valence-electron chi connectivity index (χ2n) is 5.89. The Bertz CT molecular complexity index is 382. The number of nitrogens with one attached hydrogen (secondary N) is 1. The highest BCUT2D eigenvalue weighted by molar-refractivity contribution is 5.27. The zero-order chi connectivity index (χ0) is 12.2. The average Bonchev–Trinajstić information content (AvgIpc) is 2.84. The Morgan fingerprint density at radius 2 is 2.06 bits per heavy atom. The summed E-state index contributed by atoms with van der Waals surface area (Å²) in [5.74, 6) is 0.982. The SMILES string of the molecule is c1cnc2c(c1)CCC2NCCC1CCCCC1. The van der Waals surface area contributed by atoms with Gasteiger partial charge in [-0.25, -0.2) is 0 Å². The third-order valence-corrected chi connectivity index (χ3v) is 4.63. The number of nitrogens with zero attached hydrogens (tertiary/aromatic N) is 1. The van der Waals surface area contributed by atoms with Crippen LogP contribution in [-0.4, -0.2) is 11.5 Å². The largest absolute Gasteiger partial charge is 0.309 e. The van der Waals surface area contributed by atoms with Crippen molar-refractivity contribution in [3.63, 3.8) is 0 Å². The molecular weight excluding hydrogens is 220 g/mol. The van der Waals surface area contributed by atoms with Gasteiger partial charge in [-0.3, -0.25) is 4.98 Å². The summed E-state index contributed by atoms with van der Waals surface area (Å²) in [6.45, 7) is 1.17. The Morgan fingerprint density at radius 3 is 2.94 bits per heavy atom. The third-order valence-electron chi connectivity index (χ3n) is 4.63. The Hall–Kier alpha value is -0.890. The second kappa shape index (κ2) is 5.83. The van der Waals surface area contributed by atoms with E-state index in [1.807, 2.05) is 6.20 Å². The first-order valence-corrected chi connectivity index (χ1v) is 7.60. The van der Waals surface area contributed by atoms with E-state index in [2.05, 4.69) is 22.4 Å². The maximum Gasteiger partial charge on any atom is 0.0605 e. The fourth-order valence-corrected chi connectivity index (χ4v) is 3.55. The van der Waals surface area contributed by atoms with Crippen molar-refractivity contribution in [3.05, 3.63) is 29.6 Å². The van der Waals surface area contributed by atoms with E-state index in [9.17, 15) is 0 Å². The summed E-state index contributed by atoms with van der Waals surface area (Å²) in [7, 11) is 0. The van der Waals surface area contributed by atoms with Crippen LogP contribution in [0.15, 0.2) is 18.3 Å². The molecular formula is C16H24N2. The van der Waals surface area contributed by atoms with E-state index < -0.39 is 0 Å². The van der Waals surface area contributed by atoms with Crippen LogP contribution in [0.5, 0.6) is 0 Å². The van der Waals surface area contributed by atoms with E-state index in [-0.39, 0.29) is 0 Å². The van der Waals surface area contributed by atoms with Crippen molar-refractivity contribution in [1.29, 1.82) is 0 Å². The van der Waals surface area contributed by atoms with E-state index in [1.165, 1.54) is 69.2 Å². The van der Waals surface area contributed by atoms with Crippen LogP contribution in [0.2, 0.25) is 0 Å². The normalized spacial score (nSPS) is 24.1. The first-order valence-electron chi connectivity index (χ1n) is 7.60. The monoisotopic (exact) mass is 244 g/mol. The minimum absolute atomic E-state index is 0.518. The zero-order valence-electron chi connectivity index (χ0n) is 11.2. The van der Waals surface area contributed by atoms with Crippen LogP contribution in [0.25, 0.3) is 0 Å². The van der Waals surface area contributed by atoms with Crippen molar-refractivity contribution in [2.75, 3.05) is 6.54 Å². The van der Waals surface area contributed by atoms with Crippen molar-refractivity contribution in [3.8, 4) is 0 Å². The summed E-state index contributed by atoms with van der Waals surface area (Å²) in [6.07, 6.45) is 13.0. The Labute approximate surface area is 110 Å². The molecule has 0 amide bonds. The first-order chi connectivity index (χ1) is 8.93. The van der Waals surface area contributed by atoms with Gasteiger partial charge in [-0.1, -0.05) is 38.2 Å². The molecule has 2 nitrogen and oxygen atoms in total. The minimum atomic E-state index is 0.518. The Kier molecular flexibility index (Phi) is 3.94. The molecule has 0 aliphatic heterocycles. The van der Waals surface area contributed by atoms with E-state index in [0.717, 1.165) is 5.92 Å². The number of hydrogen-bond acceptors (Lipinski definition) is 2. The second-order valence-corrected chi connectivity index (χ2v) is 5.89. The number of aryl methyl sites for hydroxylation is 1. The van der Waals surface area contributed by atoms with Crippen LogP contribution in [0, 0.1) is 5.92 Å². The summed E-state index contributed by atoms with van der Waals surface area (Å²) in [4.78, 5) is 4.54. The highest BCUT2D eigenvalue weighted by Gasteiger charge is 2.23. The summed E-state index contributed by atoms with van der Waals surface area (Å²) in [5.41, 5.74) is 2.76. The zero-order valence-corrected chi connectivity index (χ0v) is 11.2. The van der Waals surface area contributed by atoms with Crippen LogP contribution in [-0.2, 0) is 6.42 Å². The topological polar surface area (TPSA) is 24.9 Å². The predicted octanol–water partition coefficient (Wildman–Crippen LogP) is 3.63. The van der Waals surface area contributed by atoms with Gasteiger partial charge in [0, 0.05) is 6.20 Å². The van der Waals surface area contributed by atoms with Crippen molar-refractivity contribution < 1.29 is 0 Å². The Balaban J connectivity index is 1.47. The van der Waals surface area contributed by atoms with Crippen molar-refractivity contribution in [1.82, 2.24) is 10.3 Å². The standard InChI is InChI=1S/C16H24N2/c1-2-5-13(6-3-1)10-12-17-15-9-8-14-7-4-11-18-16(14)15/h4,7,11,13,15,17H,1-3,5-6,8-10,12H2. The smallest absolute Gasteiger partial charge is 0.0605 e. The van der Waals surface area contributed by atoms with Gasteiger partial charge in [0.05, 0.1) is 11.7 Å². The number of fused-ring (bicyclic) bond motifs is 1. The van der Waals surface area contributed by atoms with Crippen molar-refractivity contribution in [2.45, 2.75) is 57.4 Å².